The molecule has 8 amide bonds. The quantitative estimate of drug-likeness (QED) is 0.108. The number of imide groups is 4. The molecule has 2 N–H and O–H groups in total. The molecule has 9 heterocycles. The Morgan fingerprint density at radius 1 is 0.250 bits per heavy atom. The van der Waals surface area contributed by atoms with Crippen LogP contribution in [-0.4, -0.2) is 129 Å². The molecule has 8 aromatic carbocycles. The number of fused-ring (bicyclic) bond motifs is 24. The lowest BCUT2D eigenvalue weighted by Crippen LogP contribution is -2.52. The highest BCUT2D eigenvalue weighted by atomic mass is 16.2. The van der Waals surface area contributed by atoms with Gasteiger partial charge >= 0.3 is 0 Å². The van der Waals surface area contributed by atoms with Crippen LogP contribution in [0.1, 0.15) is 161 Å². The zero-order chi connectivity index (χ0) is 69.4. The predicted octanol–water partition coefficient (Wildman–Crippen LogP) is 13.3. The lowest BCUT2D eigenvalue weighted by molar-refractivity contribution is 0.0447. The van der Waals surface area contributed by atoms with Gasteiger partial charge in [-0.1, -0.05) is 121 Å². The minimum atomic E-state index is -1.47. The minimum absolute atomic E-state index is 0.150. The van der Waals surface area contributed by atoms with Gasteiger partial charge in [-0.25, -0.2) is 29.9 Å². The second kappa shape index (κ2) is 21.6. The summed E-state index contributed by atoms with van der Waals surface area (Å²) < 4.78 is 0. The van der Waals surface area contributed by atoms with Gasteiger partial charge < -0.3 is 9.97 Å². The fourth-order valence-electron chi connectivity index (χ4n) is 16.0. The summed E-state index contributed by atoms with van der Waals surface area (Å²) in [5.74, 6) is -3.17. The second-order valence-corrected chi connectivity index (χ2v) is 28.8. The molecule has 20 heteroatoms. The highest BCUT2D eigenvalue weighted by molar-refractivity contribution is 6.25. The number of amides is 8. The van der Waals surface area contributed by atoms with Gasteiger partial charge in [0, 0.05) is 66.0 Å². The molecular formula is C80H62N12O8. The minimum Gasteiger partial charge on any atom is -0.324 e. The van der Waals surface area contributed by atoms with E-state index in [1.807, 2.05) is 72.8 Å². The summed E-state index contributed by atoms with van der Waals surface area (Å²) in [6.45, 7) is 14.4. The van der Waals surface area contributed by atoms with Crippen LogP contribution in [0.2, 0.25) is 0 Å². The van der Waals surface area contributed by atoms with Crippen LogP contribution in [0.15, 0.2) is 170 Å². The summed E-state index contributed by atoms with van der Waals surface area (Å²) in [5, 5.41) is 2.33. The van der Waals surface area contributed by atoms with Gasteiger partial charge in [-0.15, -0.1) is 0 Å². The topological polar surface area (TPSA) is 258 Å². The lowest BCUT2D eigenvalue weighted by atomic mass is 9.74. The maximum Gasteiger partial charge on any atom is 0.262 e. The largest absolute Gasteiger partial charge is 0.324 e. The number of carbonyl (C=O) groups excluding carboxylic acids is 8. The first-order chi connectivity index (χ1) is 47.9. The van der Waals surface area contributed by atoms with Crippen molar-refractivity contribution in [2.24, 2.45) is 0 Å². The third kappa shape index (κ3) is 9.04. The maximum absolute atomic E-state index is 15.2. The Hall–Kier alpha value is -12.3. The van der Waals surface area contributed by atoms with Crippen LogP contribution in [0.25, 0.3) is 89.7 Å². The average Bonchev–Trinajstić information content (AvgIpc) is 1.46. The predicted molar refractivity (Wildman–Crippen MR) is 375 cm³/mol. The second-order valence-electron chi connectivity index (χ2n) is 28.8. The first kappa shape index (κ1) is 61.3. The number of benzene rings is 8. The monoisotopic (exact) mass is 1320 g/mol. The Balaban J connectivity index is 1.05. The average molecular weight is 1320 g/mol. The molecular weight excluding hydrogens is 1260 g/mol. The number of hydrogen-bond acceptors (Lipinski definition) is 14. The van der Waals surface area contributed by atoms with Crippen molar-refractivity contribution in [3.63, 3.8) is 0 Å². The number of aromatic amines is 2. The van der Waals surface area contributed by atoms with E-state index >= 15 is 38.4 Å². The number of rotatable bonds is 12. The van der Waals surface area contributed by atoms with E-state index in [1.165, 1.54) is 19.6 Å². The van der Waals surface area contributed by atoms with Crippen LogP contribution in [0.3, 0.4) is 0 Å². The zero-order valence-corrected chi connectivity index (χ0v) is 55.7. The Labute approximate surface area is 571 Å². The summed E-state index contributed by atoms with van der Waals surface area (Å²) in [6.07, 6.45) is -0.606. The van der Waals surface area contributed by atoms with Gasteiger partial charge in [0.05, 0.1) is 44.5 Å². The van der Waals surface area contributed by atoms with Crippen molar-refractivity contribution in [1.82, 2.24) is 59.5 Å². The summed E-state index contributed by atoms with van der Waals surface area (Å²) in [6, 6.07) is 49.5. The summed E-state index contributed by atoms with van der Waals surface area (Å²) >= 11 is 0. The van der Waals surface area contributed by atoms with Crippen LogP contribution in [0, 0.1) is 0 Å². The van der Waals surface area contributed by atoms with E-state index in [-0.39, 0.29) is 93.1 Å². The van der Waals surface area contributed by atoms with Crippen LogP contribution in [0.5, 0.6) is 0 Å². The molecule has 0 saturated heterocycles. The molecule has 17 rings (SSSR count). The SMILES string of the molecule is CC(C)(Cc1c(CC(C)(C)N2C(=O)c3ccccc3C2=O)c(CC(C)(C)N2C(=O)c3ccccc3C2=O)c2c3nc4nc(nc5[nH]c(nc6nc(nc([nH]3)c2c1CC(C)(C)N1C(=O)c2ccccc2C1=O)-c1ccccc1-6)c1ccccc51)-c1ccccc1-4)N1C(=O)c2ccccc2C1=O. The van der Waals surface area contributed by atoms with Gasteiger partial charge in [-0.3, -0.25) is 58.0 Å². The third-order valence-electron chi connectivity index (χ3n) is 20.5. The zero-order valence-electron chi connectivity index (χ0n) is 55.7. The standard InChI is InChI=1S/C80H62N12O8/c1-77(2,89-69(93)47-29-15-16-30-48(47)70(89)94)37-55-56(38-78(3,4)90-71(95)49-31-17-18-32-50(49)72(90)96)58(40-80(7,8)92-75(99)53-35-21-22-36-54(53)76(92)100)60-59(57(55)39-79(5,6)91-73(97)51-33-19-20-34-52(51)74(91)98)67-86-65-45-27-13-11-25-43(45)63(84-65)82-61-41-23-9-10-24-42(41)62(81-61)83-64-44-26-12-14-28-46(44)66(85-64)87-68(60)88-67/h9-36H,37-40H2,1-8H3,(H2,81,82,83,84,85,86,87,88). The van der Waals surface area contributed by atoms with Crippen molar-refractivity contribution in [1.29, 1.82) is 0 Å². The van der Waals surface area contributed by atoms with E-state index in [2.05, 4.69) is 9.97 Å². The number of nitrogens with zero attached hydrogens (tertiary/aromatic N) is 10. The molecule has 0 atom stereocenters. The van der Waals surface area contributed by atoms with Gasteiger partial charge in [0.1, 0.15) is 22.6 Å². The highest BCUT2D eigenvalue weighted by Gasteiger charge is 2.51. The molecule has 20 nitrogen and oxygen atoms in total. The normalized spacial score (nSPS) is 15.0. The van der Waals surface area contributed by atoms with Crippen LogP contribution in [-0.2, 0) is 25.7 Å². The Morgan fingerprint density at radius 3 is 0.680 bits per heavy atom. The first-order valence-electron chi connectivity index (χ1n) is 33.1. The van der Waals surface area contributed by atoms with E-state index in [0.29, 0.717) is 78.2 Å². The molecule has 6 aliphatic heterocycles. The molecule has 0 fully saturated rings. The summed E-state index contributed by atoms with van der Waals surface area (Å²) in [5.41, 5.74) is 1.63. The summed E-state index contributed by atoms with van der Waals surface area (Å²) in [4.78, 5) is 166. The number of hydrogen-bond donors (Lipinski definition) is 2. The number of carbonyl (C=O) groups is 8. The molecule has 100 heavy (non-hydrogen) atoms. The van der Waals surface area contributed by atoms with Crippen molar-refractivity contribution < 1.29 is 38.4 Å². The Bertz CT molecular complexity index is 5330. The summed E-state index contributed by atoms with van der Waals surface area (Å²) in [7, 11) is 0. The molecule has 0 aliphatic carbocycles. The molecule has 0 saturated carbocycles. The van der Waals surface area contributed by atoms with Gasteiger partial charge in [-0.2, -0.15) is 0 Å². The third-order valence-corrected chi connectivity index (χ3v) is 20.5. The lowest BCUT2D eigenvalue weighted by Gasteiger charge is -2.41. The molecule has 6 aliphatic rings. The van der Waals surface area contributed by atoms with E-state index in [9.17, 15) is 0 Å². The van der Waals surface area contributed by atoms with Crippen molar-refractivity contribution >= 4 is 91.4 Å². The molecule has 8 bridgehead atoms. The number of nitrogens with one attached hydrogen (secondary N) is 2. The van der Waals surface area contributed by atoms with Gasteiger partial charge in [0.15, 0.2) is 23.3 Å². The van der Waals surface area contributed by atoms with E-state index in [1.54, 1.807) is 152 Å². The van der Waals surface area contributed by atoms with Crippen molar-refractivity contribution in [3.8, 4) is 45.6 Å². The van der Waals surface area contributed by atoms with Crippen LogP contribution in [0.4, 0.5) is 0 Å². The number of aromatic nitrogens is 8. The van der Waals surface area contributed by atoms with E-state index in [4.69, 9.17) is 29.9 Å². The van der Waals surface area contributed by atoms with E-state index < -0.39 is 69.4 Å². The first-order valence-corrected chi connectivity index (χ1v) is 33.1. The smallest absolute Gasteiger partial charge is 0.262 e. The molecule has 0 unspecified atom stereocenters. The highest BCUT2D eigenvalue weighted by Crippen LogP contribution is 2.48. The van der Waals surface area contributed by atoms with Crippen LogP contribution >= 0.6 is 0 Å². The molecule has 3 aromatic heterocycles. The van der Waals surface area contributed by atoms with Gasteiger partial charge in [-0.05, 0) is 152 Å². The molecule has 490 valence electrons. The number of H-pyrrole nitrogens is 2. The molecule has 0 spiro atoms. The fourth-order valence-corrected chi connectivity index (χ4v) is 16.0. The fraction of sp³-hybridized carbons (Fsp3) is 0.200. The van der Waals surface area contributed by atoms with Crippen molar-refractivity contribution in [2.45, 2.75) is 103 Å². The van der Waals surface area contributed by atoms with Crippen LogP contribution < -0.4 is 0 Å². The van der Waals surface area contributed by atoms with Gasteiger partial charge in [0.2, 0.25) is 0 Å². The molecule has 0 radical (unpaired) electrons. The van der Waals surface area contributed by atoms with Crippen molar-refractivity contribution in [3.05, 3.63) is 237 Å². The molecule has 11 aromatic rings. The van der Waals surface area contributed by atoms with E-state index in [0.717, 1.165) is 10.8 Å². The Morgan fingerprint density at radius 2 is 0.440 bits per heavy atom. The maximum atomic E-state index is 15.2. The van der Waals surface area contributed by atoms with Gasteiger partial charge in [0.25, 0.3) is 47.3 Å². The Kier molecular flexibility index (Phi) is 13.2. The van der Waals surface area contributed by atoms with Crippen molar-refractivity contribution in [2.75, 3.05) is 0 Å².